The molecule has 0 heterocycles. The Morgan fingerprint density at radius 2 is 2.00 bits per heavy atom. The molecule has 0 aliphatic heterocycles. The maximum atomic E-state index is 13.6. The van der Waals surface area contributed by atoms with Crippen LogP contribution in [0.1, 0.15) is 19.4 Å². The van der Waals surface area contributed by atoms with Crippen LogP contribution < -0.4 is 4.74 Å². The molecule has 0 saturated heterocycles. The van der Waals surface area contributed by atoms with Gasteiger partial charge in [0.05, 0.1) is 17.2 Å². The van der Waals surface area contributed by atoms with Crippen LogP contribution in [0.2, 0.25) is 0 Å². The standard InChI is InChI=1S/C10H12BrFO2/c1-10(2,13)7-4-6(14-3)5-8(11)9(7)12/h4-5,13H,1-3H3. The molecule has 0 fully saturated rings. The van der Waals surface area contributed by atoms with Crippen molar-refractivity contribution in [2.45, 2.75) is 19.4 Å². The number of hydrogen-bond donors (Lipinski definition) is 1. The molecule has 2 nitrogen and oxygen atoms in total. The van der Waals surface area contributed by atoms with Crippen molar-refractivity contribution in [1.29, 1.82) is 0 Å². The molecule has 1 aromatic rings. The molecule has 0 bridgehead atoms. The highest BCUT2D eigenvalue weighted by Gasteiger charge is 2.23. The molecule has 0 spiro atoms. The van der Waals surface area contributed by atoms with Crippen LogP contribution in [-0.2, 0) is 5.60 Å². The van der Waals surface area contributed by atoms with Crippen molar-refractivity contribution in [1.82, 2.24) is 0 Å². The molecule has 14 heavy (non-hydrogen) atoms. The molecule has 4 heteroatoms. The monoisotopic (exact) mass is 262 g/mol. The van der Waals surface area contributed by atoms with Crippen molar-refractivity contribution < 1.29 is 14.2 Å². The van der Waals surface area contributed by atoms with Crippen LogP contribution in [0.4, 0.5) is 4.39 Å². The second-order valence-electron chi connectivity index (χ2n) is 3.53. The zero-order valence-electron chi connectivity index (χ0n) is 8.27. The molecule has 0 radical (unpaired) electrons. The van der Waals surface area contributed by atoms with Crippen LogP contribution in [-0.4, -0.2) is 12.2 Å². The summed E-state index contributed by atoms with van der Waals surface area (Å²) in [5.74, 6) is 0.0497. The Balaban J connectivity index is 3.35. The summed E-state index contributed by atoms with van der Waals surface area (Å²) in [6.07, 6.45) is 0. The summed E-state index contributed by atoms with van der Waals surface area (Å²) in [6, 6.07) is 3.00. The minimum absolute atomic E-state index is 0.212. The lowest BCUT2D eigenvalue weighted by Gasteiger charge is -2.19. The van der Waals surface area contributed by atoms with Gasteiger partial charge in [0.1, 0.15) is 11.6 Å². The number of halogens is 2. The number of benzene rings is 1. The lowest BCUT2D eigenvalue weighted by Crippen LogP contribution is -2.18. The van der Waals surface area contributed by atoms with E-state index in [1.54, 1.807) is 0 Å². The predicted octanol–water partition coefficient (Wildman–Crippen LogP) is 2.82. The minimum Gasteiger partial charge on any atom is -0.497 e. The third kappa shape index (κ3) is 2.25. The highest BCUT2D eigenvalue weighted by atomic mass is 79.9. The molecule has 0 amide bonds. The van der Waals surface area contributed by atoms with E-state index in [0.29, 0.717) is 5.75 Å². The van der Waals surface area contributed by atoms with Crippen LogP contribution in [0, 0.1) is 5.82 Å². The fraction of sp³-hybridized carbons (Fsp3) is 0.400. The van der Waals surface area contributed by atoms with E-state index in [1.807, 2.05) is 0 Å². The summed E-state index contributed by atoms with van der Waals surface area (Å²) < 4.78 is 18.8. The fourth-order valence-corrected chi connectivity index (χ4v) is 1.57. The summed E-state index contributed by atoms with van der Waals surface area (Å²) >= 11 is 3.06. The topological polar surface area (TPSA) is 29.5 Å². The first kappa shape index (κ1) is 11.5. The maximum Gasteiger partial charge on any atom is 0.143 e. The first-order valence-electron chi connectivity index (χ1n) is 4.12. The number of hydrogen-bond acceptors (Lipinski definition) is 2. The molecule has 0 aliphatic carbocycles. The second kappa shape index (κ2) is 3.87. The zero-order valence-corrected chi connectivity index (χ0v) is 9.85. The Morgan fingerprint density at radius 3 is 2.43 bits per heavy atom. The van der Waals surface area contributed by atoms with Crippen molar-refractivity contribution in [3.05, 3.63) is 28.0 Å². The average molecular weight is 263 g/mol. The number of ether oxygens (including phenoxy) is 1. The number of rotatable bonds is 2. The molecule has 1 N–H and O–H groups in total. The Bertz CT molecular complexity index is 345. The van der Waals surface area contributed by atoms with Gasteiger partial charge >= 0.3 is 0 Å². The summed E-state index contributed by atoms with van der Waals surface area (Å²) in [7, 11) is 1.49. The van der Waals surface area contributed by atoms with Gasteiger partial charge in [0.15, 0.2) is 0 Å². The summed E-state index contributed by atoms with van der Waals surface area (Å²) in [5.41, 5.74) is -1.01. The van der Waals surface area contributed by atoms with Crippen LogP contribution >= 0.6 is 15.9 Å². The molecule has 1 rings (SSSR count). The van der Waals surface area contributed by atoms with Crippen molar-refractivity contribution in [2.75, 3.05) is 7.11 Å². The SMILES string of the molecule is COc1cc(Br)c(F)c(C(C)(C)O)c1. The van der Waals surface area contributed by atoms with Gasteiger partial charge < -0.3 is 9.84 Å². The molecular formula is C10H12BrFO2. The molecule has 0 aromatic heterocycles. The smallest absolute Gasteiger partial charge is 0.143 e. The van der Waals surface area contributed by atoms with Crippen LogP contribution in [0.3, 0.4) is 0 Å². The average Bonchev–Trinajstić information content (AvgIpc) is 2.07. The molecule has 0 unspecified atom stereocenters. The van der Waals surface area contributed by atoms with Crippen molar-refractivity contribution in [2.24, 2.45) is 0 Å². The minimum atomic E-state index is -1.22. The maximum absolute atomic E-state index is 13.6. The van der Waals surface area contributed by atoms with Gasteiger partial charge in [0.25, 0.3) is 0 Å². The largest absolute Gasteiger partial charge is 0.497 e. The van der Waals surface area contributed by atoms with Crippen LogP contribution in [0.25, 0.3) is 0 Å². The quantitative estimate of drug-likeness (QED) is 0.889. The molecule has 0 saturated carbocycles. The van der Waals surface area contributed by atoms with Gasteiger partial charge in [-0.2, -0.15) is 0 Å². The summed E-state index contributed by atoms with van der Waals surface area (Å²) in [6.45, 7) is 3.05. The summed E-state index contributed by atoms with van der Waals surface area (Å²) in [4.78, 5) is 0. The number of methoxy groups -OCH3 is 1. The molecule has 0 atom stereocenters. The van der Waals surface area contributed by atoms with Crippen LogP contribution in [0.5, 0.6) is 5.75 Å². The fourth-order valence-electron chi connectivity index (χ4n) is 1.13. The third-order valence-electron chi connectivity index (χ3n) is 1.90. The van der Waals surface area contributed by atoms with E-state index in [0.717, 1.165) is 0 Å². The normalized spacial score (nSPS) is 11.6. The lowest BCUT2D eigenvalue weighted by atomic mass is 9.98. The highest BCUT2D eigenvalue weighted by Crippen LogP contribution is 2.31. The highest BCUT2D eigenvalue weighted by molar-refractivity contribution is 9.10. The zero-order chi connectivity index (χ0) is 10.9. The first-order valence-corrected chi connectivity index (χ1v) is 4.91. The van der Waals surface area contributed by atoms with Crippen molar-refractivity contribution in [3.63, 3.8) is 0 Å². The lowest BCUT2D eigenvalue weighted by molar-refractivity contribution is 0.0741. The van der Waals surface area contributed by atoms with E-state index < -0.39 is 11.4 Å². The van der Waals surface area contributed by atoms with Gasteiger partial charge in [-0.05, 0) is 41.9 Å². The van der Waals surface area contributed by atoms with Crippen molar-refractivity contribution in [3.8, 4) is 5.75 Å². The molecular weight excluding hydrogens is 251 g/mol. The molecule has 0 aliphatic rings. The molecule has 1 aromatic carbocycles. The number of aliphatic hydroxyl groups is 1. The Labute approximate surface area is 90.8 Å². The van der Waals surface area contributed by atoms with E-state index in [-0.39, 0.29) is 10.0 Å². The van der Waals surface area contributed by atoms with Crippen LogP contribution in [0.15, 0.2) is 16.6 Å². The van der Waals surface area contributed by atoms with E-state index >= 15 is 0 Å². The van der Waals surface area contributed by atoms with E-state index in [2.05, 4.69) is 15.9 Å². The van der Waals surface area contributed by atoms with Crippen molar-refractivity contribution >= 4 is 15.9 Å². The second-order valence-corrected chi connectivity index (χ2v) is 4.38. The Hall–Kier alpha value is -0.610. The van der Waals surface area contributed by atoms with Gasteiger partial charge in [-0.25, -0.2) is 4.39 Å². The van der Waals surface area contributed by atoms with Gasteiger partial charge in [-0.15, -0.1) is 0 Å². The van der Waals surface area contributed by atoms with E-state index in [9.17, 15) is 9.50 Å². The van der Waals surface area contributed by atoms with Gasteiger partial charge in [0, 0.05) is 5.56 Å². The molecule has 78 valence electrons. The summed E-state index contributed by atoms with van der Waals surface area (Å²) in [5, 5.41) is 9.70. The van der Waals surface area contributed by atoms with Gasteiger partial charge in [-0.1, -0.05) is 0 Å². The first-order chi connectivity index (χ1) is 6.36. The van der Waals surface area contributed by atoms with E-state index in [4.69, 9.17) is 4.74 Å². The Morgan fingerprint density at radius 1 is 1.43 bits per heavy atom. The third-order valence-corrected chi connectivity index (χ3v) is 2.47. The predicted molar refractivity (Wildman–Crippen MR) is 55.9 cm³/mol. The van der Waals surface area contributed by atoms with E-state index in [1.165, 1.54) is 33.1 Å². The van der Waals surface area contributed by atoms with Gasteiger partial charge in [-0.3, -0.25) is 0 Å². The van der Waals surface area contributed by atoms with Gasteiger partial charge in [0.2, 0.25) is 0 Å². The Kier molecular flexibility index (Phi) is 3.17.